The predicted molar refractivity (Wildman–Crippen MR) is 116 cm³/mol. The zero-order chi connectivity index (χ0) is 17.9. The van der Waals surface area contributed by atoms with Crippen LogP contribution < -0.4 is 0 Å². The predicted octanol–water partition coefficient (Wildman–Crippen LogP) is 8.19. The number of hydrogen-bond acceptors (Lipinski definition) is 0. The molecule has 0 atom stereocenters. The Balaban J connectivity index is 2.16. The van der Waals surface area contributed by atoms with E-state index in [1.807, 2.05) is 12.2 Å². The number of allylic oxidation sites excluding steroid dienone is 2. The van der Waals surface area contributed by atoms with E-state index in [1.54, 1.807) is 0 Å². The van der Waals surface area contributed by atoms with Crippen LogP contribution in [-0.2, 0) is 5.41 Å². The van der Waals surface area contributed by atoms with Gasteiger partial charge in [0, 0.05) is 14.4 Å². The molecule has 0 saturated heterocycles. The molecule has 25 heavy (non-hydrogen) atoms. The molecule has 2 aromatic rings. The van der Waals surface area contributed by atoms with Crippen molar-refractivity contribution in [2.75, 3.05) is 0 Å². The highest BCUT2D eigenvalue weighted by Crippen LogP contribution is 2.55. The minimum absolute atomic E-state index is 0.0875. The number of benzene rings is 2. The van der Waals surface area contributed by atoms with E-state index in [1.165, 1.54) is 22.3 Å². The van der Waals surface area contributed by atoms with Crippen LogP contribution in [-0.4, -0.2) is 0 Å². The topological polar surface area (TPSA) is 0 Å². The molecule has 2 heteroatoms. The number of rotatable bonds is 8. The first-order valence-corrected chi connectivity index (χ1v) is 10.5. The lowest BCUT2D eigenvalue weighted by Gasteiger charge is -2.33. The summed E-state index contributed by atoms with van der Waals surface area (Å²) in [6.07, 6.45) is 10.8. The second-order valence-corrected chi connectivity index (χ2v) is 8.66. The van der Waals surface area contributed by atoms with Gasteiger partial charge in [0.1, 0.15) is 0 Å². The molecule has 0 saturated carbocycles. The maximum absolute atomic E-state index is 3.91. The Bertz CT molecular complexity index is 721. The maximum Gasteiger partial charge on any atom is 0.0216 e. The molecule has 0 aliphatic heterocycles. The van der Waals surface area contributed by atoms with Gasteiger partial charge in [0.05, 0.1) is 0 Å². The lowest BCUT2D eigenvalue weighted by molar-refractivity contribution is 0.422. The number of unbranched alkanes of at least 4 members (excludes halogenated alkanes) is 2. The molecule has 0 radical (unpaired) electrons. The molecule has 0 aromatic heterocycles. The Morgan fingerprint density at radius 3 is 1.60 bits per heavy atom. The highest BCUT2D eigenvalue weighted by Gasteiger charge is 2.42. The molecule has 3 rings (SSSR count). The fourth-order valence-corrected chi connectivity index (χ4v) is 4.92. The summed E-state index contributed by atoms with van der Waals surface area (Å²) in [6, 6.07) is 13.5. The summed E-state index contributed by atoms with van der Waals surface area (Å²) in [5.41, 5.74) is 5.82. The van der Waals surface area contributed by atoms with Gasteiger partial charge in [0.25, 0.3) is 0 Å². The Labute approximate surface area is 168 Å². The zero-order valence-corrected chi connectivity index (χ0v) is 17.7. The minimum atomic E-state index is 0.0875. The van der Waals surface area contributed by atoms with Crippen molar-refractivity contribution in [3.63, 3.8) is 0 Å². The molecular weight excluding hydrogens is 436 g/mol. The molecule has 0 N–H and O–H groups in total. The quantitative estimate of drug-likeness (QED) is 0.275. The summed E-state index contributed by atoms with van der Waals surface area (Å²) in [5, 5.41) is 0. The van der Waals surface area contributed by atoms with Crippen LogP contribution in [0.4, 0.5) is 0 Å². The number of halogens is 2. The summed E-state index contributed by atoms with van der Waals surface area (Å²) >= 11 is 7.40. The molecule has 0 spiro atoms. The zero-order valence-electron chi connectivity index (χ0n) is 14.5. The summed E-state index contributed by atoms with van der Waals surface area (Å²) in [6.45, 7) is 7.82. The molecule has 0 bridgehead atoms. The van der Waals surface area contributed by atoms with Crippen molar-refractivity contribution < 1.29 is 0 Å². The third-order valence-electron chi connectivity index (χ3n) is 5.31. The average Bonchev–Trinajstić information content (AvgIpc) is 2.85. The van der Waals surface area contributed by atoms with Gasteiger partial charge in [-0.3, -0.25) is 0 Å². The van der Waals surface area contributed by atoms with E-state index < -0.39 is 0 Å². The first-order valence-electron chi connectivity index (χ1n) is 8.94. The fraction of sp³-hybridized carbons (Fsp3) is 0.304. The third-order valence-corrected chi connectivity index (χ3v) is 6.29. The van der Waals surface area contributed by atoms with Gasteiger partial charge in [-0.15, -0.1) is 13.2 Å². The van der Waals surface area contributed by atoms with Gasteiger partial charge in [-0.2, -0.15) is 0 Å². The van der Waals surface area contributed by atoms with E-state index in [4.69, 9.17) is 0 Å². The molecule has 0 amide bonds. The van der Waals surface area contributed by atoms with Crippen molar-refractivity contribution in [2.24, 2.45) is 0 Å². The second-order valence-electron chi connectivity index (χ2n) is 6.82. The number of hydrogen-bond donors (Lipinski definition) is 0. The van der Waals surface area contributed by atoms with Gasteiger partial charge in [0.2, 0.25) is 0 Å². The Morgan fingerprint density at radius 2 is 1.20 bits per heavy atom. The molecule has 130 valence electrons. The van der Waals surface area contributed by atoms with Gasteiger partial charge < -0.3 is 0 Å². The first-order chi connectivity index (χ1) is 12.1. The standard InChI is InChI=1S/C23H24Br2/c1-3-5-7-13-23(14-8-6-4-2)21-15-17(24)9-11-19(21)20-12-10-18(25)16-22(20)23/h3-4,9-12,15-16H,1-2,5-8,13-14H2. The van der Waals surface area contributed by atoms with E-state index in [2.05, 4.69) is 81.4 Å². The van der Waals surface area contributed by atoms with Crippen LogP contribution in [0.25, 0.3) is 11.1 Å². The van der Waals surface area contributed by atoms with E-state index in [-0.39, 0.29) is 5.41 Å². The fourth-order valence-electron chi connectivity index (χ4n) is 4.20. The maximum atomic E-state index is 3.91. The van der Waals surface area contributed by atoms with Gasteiger partial charge >= 0.3 is 0 Å². The van der Waals surface area contributed by atoms with Crippen LogP contribution >= 0.6 is 31.9 Å². The minimum Gasteiger partial charge on any atom is -0.103 e. The lowest BCUT2D eigenvalue weighted by atomic mass is 9.71. The first kappa shape index (κ1) is 18.7. The Morgan fingerprint density at radius 1 is 0.760 bits per heavy atom. The van der Waals surface area contributed by atoms with Crippen molar-refractivity contribution in [1.29, 1.82) is 0 Å². The molecule has 1 aliphatic carbocycles. The molecule has 0 heterocycles. The molecule has 2 aromatic carbocycles. The van der Waals surface area contributed by atoms with Crippen molar-refractivity contribution in [3.8, 4) is 11.1 Å². The van der Waals surface area contributed by atoms with Crippen molar-refractivity contribution in [2.45, 2.75) is 43.9 Å². The van der Waals surface area contributed by atoms with Crippen LogP contribution in [0, 0.1) is 0 Å². The van der Waals surface area contributed by atoms with Crippen molar-refractivity contribution in [1.82, 2.24) is 0 Å². The van der Waals surface area contributed by atoms with Crippen LogP contribution in [0.15, 0.2) is 70.7 Å². The molecule has 0 nitrogen and oxygen atoms in total. The van der Waals surface area contributed by atoms with E-state index in [9.17, 15) is 0 Å². The van der Waals surface area contributed by atoms with E-state index in [0.717, 1.165) is 47.5 Å². The third kappa shape index (κ3) is 3.57. The van der Waals surface area contributed by atoms with Crippen molar-refractivity contribution >= 4 is 31.9 Å². The highest BCUT2D eigenvalue weighted by molar-refractivity contribution is 9.10. The lowest BCUT2D eigenvalue weighted by Crippen LogP contribution is -2.25. The van der Waals surface area contributed by atoms with Crippen LogP contribution in [0.1, 0.15) is 49.7 Å². The summed E-state index contributed by atoms with van der Waals surface area (Å²) in [5.74, 6) is 0. The van der Waals surface area contributed by atoms with Crippen LogP contribution in [0.2, 0.25) is 0 Å². The average molecular weight is 460 g/mol. The molecule has 0 unspecified atom stereocenters. The smallest absolute Gasteiger partial charge is 0.0216 e. The Hall–Kier alpha value is -1.12. The van der Waals surface area contributed by atoms with E-state index >= 15 is 0 Å². The van der Waals surface area contributed by atoms with Gasteiger partial charge in [0.15, 0.2) is 0 Å². The Kier molecular flexibility index (Phi) is 6.01. The summed E-state index contributed by atoms with van der Waals surface area (Å²) in [7, 11) is 0. The van der Waals surface area contributed by atoms with Crippen molar-refractivity contribution in [3.05, 3.63) is 81.8 Å². The molecular formula is C23H24Br2. The SMILES string of the molecule is C=CCCCC1(CCCC=C)c2cc(Br)ccc2-c2ccc(Br)cc21. The molecule has 0 fully saturated rings. The normalized spacial score (nSPS) is 14.0. The second kappa shape index (κ2) is 8.05. The summed E-state index contributed by atoms with van der Waals surface area (Å²) < 4.78 is 2.32. The monoisotopic (exact) mass is 458 g/mol. The van der Waals surface area contributed by atoms with E-state index in [0.29, 0.717) is 0 Å². The van der Waals surface area contributed by atoms with Gasteiger partial charge in [-0.1, -0.05) is 56.1 Å². The number of fused-ring (bicyclic) bond motifs is 3. The van der Waals surface area contributed by atoms with Crippen LogP contribution in [0.5, 0.6) is 0 Å². The van der Waals surface area contributed by atoms with Gasteiger partial charge in [-0.05, 0) is 85.0 Å². The van der Waals surface area contributed by atoms with Crippen LogP contribution in [0.3, 0.4) is 0 Å². The van der Waals surface area contributed by atoms with Gasteiger partial charge in [-0.25, -0.2) is 0 Å². The highest BCUT2D eigenvalue weighted by atomic mass is 79.9. The summed E-state index contributed by atoms with van der Waals surface area (Å²) in [4.78, 5) is 0. The molecule has 1 aliphatic rings. The largest absolute Gasteiger partial charge is 0.103 e.